The summed E-state index contributed by atoms with van der Waals surface area (Å²) < 4.78 is 91.6. The standard InChI is InChI=1S/C19H23F5O4S/c1-17(2)7-5-11(13(25)6-8-17)10-3-4-14(29(27,28)19(22,23)24)15-12(10)9-18(20,21)16(15)26/h3-4,11,13,16,25-26H,5-9H2,1-2H3/t11-,13+,16-/m0/s1. The molecule has 1 aromatic rings. The van der Waals surface area contributed by atoms with Gasteiger partial charge < -0.3 is 10.2 Å². The van der Waals surface area contributed by atoms with Gasteiger partial charge >= 0.3 is 5.51 Å². The van der Waals surface area contributed by atoms with Crippen LogP contribution in [0.25, 0.3) is 0 Å². The number of alkyl halides is 5. The summed E-state index contributed by atoms with van der Waals surface area (Å²) in [5.41, 5.74) is -6.81. The van der Waals surface area contributed by atoms with E-state index in [0.717, 1.165) is 6.07 Å². The van der Waals surface area contributed by atoms with E-state index in [1.54, 1.807) is 0 Å². The van der Waals surface area contributed by atoms with E-state index >= 15 is 0 Å². The lowest BCUT2D eigenvalue weighted by atomic mass is 9.82. The molecule has 0 spiro atoms. The van der Waals surface area contributed by atoms with Gasteiger partial charge in [0.05, 0.1) is 11.0 Å². The lowest BCUT2D eigenvalue weighted by Crippen LogP contribution is -2.27. The summed E-state index contributed by atoms with van der Waals surface area (Å²) in [5, 5.41) is 20.6. The molecule has 1 fully saturated rings. The Bertz CT molecular complexity index is 908. The number of sulfone groups is 1. The molecule has 0 aliphatic heterocycles. The third kappa shape index (κ3) is 3.79. The predicted octanol–water partition coefficient (Wildman–Crippen LogP) is 4.25. The quantitative estimate of drug-likeness (QED) is 0.531. The Morgan fingerprint density at radius 2 is 1.66 bits per heavy atom. The van der Waals surface area contributed by atoms with E-state index in [0.29, 0.717) is 31.7 Å². The van der Waals surface area contributed by atoms with Crippen LogP contribution in [0.15, 0.2) is 17.0 Å². The zero-order valence-electron chi connectivity index (χ0n) is 15.9. The minimum Gasteiger partial charge on any atom is -0.392 e. The van der Waals surface area contributed by atoms with Gasteiger partial charge in [-0.1, -0.05) is 19.9 Å². The maximum atomic E-state index is 14.3. The highest BCUT2D eigenvalue weighted by Gasteiger charge is 2.55. The molecule has 2 aliphatic carbocycles. The smallest absolute Gasteiger partial charge is 0.392 e. The average Bonchev–Trinajstić information content (AvgIpc) is 2.72. The summed E-state index contributed by atoms with van der Waals surface area (Å²) >= 11 is 0. The molecule has 0 unspecified atom stereocenters. The Morgan fingerprint density at radius 1 is 1.07 bits per heavy atom. The molecule has 0 radical (unpaired) electrons. The first-order valence-corrected chi connectivity index (χ1v) is 10.8. The van der Waals surface area contributed by atoms with Crippen LogP contribution in [-0.4, -0.2) is 36.2 Å². The van der Waals surface area contributed by atoms with Gasteiger partial charge in [0.15, 0.2) is 0 Å². The van der Waals surface area contributed by atoms with Gasteiger partial charge in [-0.05, 0) is 48.3 Å². The van der Waals surface area contributed by atoms with E-state index in [1.165, 1.54) is 0 Å². The van der Waals surface area contributed by atoms with Crippen LogP contribution < -0.4 is 0 Å². The van der Waals surface area contributed by atoms with Gasteiger partial charge in [0.2, 0.25) is 0 Å². The Hall–Kier alpha value is -1.26. The molecule has 1 saturated carbocycles. The molecule has 2 N–H and O–H groups in total. The fraction of sp³-hybridized carbons (Fsp3) is 0.684. The monoisotopic (exact) mass is 442 g/mol. The van der Waals surface area contributed by atoms with Crippen molar-refractivity contribution >= 4 is 9.84 Å². The molecule has 3 rings (SSSR count). The van der Waals surface area contributed by atoms with E-state index in [-0.39, 0.29) is 16.5 Å². The molecule has 2 aliphatic rings. The number of aliphatic hydroxyl groups is 2. The molecule has 1 aromatic carbocycles. The lowest BCUT2D eigenvalue weighted by Gasteiger charge is -2.25. The SMILES string of the molecule is CC1(C)CC[C@@H](O)[C@H](c2ccc(S(=O)(=O)C(F)(F)F)c3c2CC(F)(F)[C@H]3O)CC1. The minimum absolute atomic E-state index is 0.0953. The third-order valence-electron chi connectivity index (χ3n) is 6.15. The highest BCUT2D eigenvalue weighted by atomic mass is 32.2. The van der Waals surface area contributed by atoms with E-state index in [9.17, 15) is 40.6 Å². The molecule has 4 nitrogen and oxygen atoms in total. The first kappa shape index (κ1) is 22.4. The van der Waals surface area contributed by atoms with Crippen LogP contribution in [0.4, 0.5) is 22.0 Å². The maximum Gasteiger partial charge on any atom is 0.501 e. The second-order valence-electron chi connectivity index (χ2n) is 8.75. The fourth-order valence-electron chi connectivity index (χ4n) is 4.37. The Kier molecular flexibility index (Phi) is 5.32. The van der Waals surface area contributed by atoms with Gasteiger partial charge in [-0.3, -0.25) is 0 Å². The molecule has 0 aromatic heterocycles. The van der Waals surface area contributed by atoms with Crippen molar-refractivity contribution in [2.45, 2.75) is 80.4 Å². The molecule has 0 saturated heterocycles. The molecule has 0 amide bonds. The topological polar surface area (TPSA) is 74.6 Å². The molecular formula is C19H23F5O4S. The van der Waals surface area contributed by atoms with Crippen molar-refractivity contribution in [1.82, 2.24) is 0 Å². The molecule has 3 atom stereocenters. The molecule has 0 bridgehead atoms. The Balaban J connectivity index is 2.19. The van der Waals surface area contributed by atoms with Crippen molar-refractivity contribution in [3.63, 3.8) is 0 Å². The van der Waals surface area contributed by atoms with E-state index < -0.39 is 56.3 Å². The minimum atomic E-state index is -5.93. The van der Waals surface area contributed by atoms with Crippen molar-refractivity contribution in [2.24, 2.45) is 5.41 Å². The van der Waals surface area contributed by atoms with Gasteiger partial charge in [0.25, 0.3) is 15.8 Å². The number of aliphatic hydroxyl groups excluding tert-OH is 2. The highest BCUT2D eigenvalue weighted by Crippen LogP contribution is 2.51. The number of halogens is 5. The first-order valence-electron chi connectivity index (χ1n) is 9.29. The Morgan fingerprint density at radius 3 is 2.24 bits per heavy atom. The van der Waals surface area contributed by atoms with Crippen molar-refractivity contribution < 1.29 is 40.6 Å². The van der Waals surface area contributed by atoms with Crippen LogP contribution >= 0.6 is 0 Å². The lowest BCUT2D eigenvalue weighted by molar-refractivity contribution is -0.0978. The summed E-state index contributed by atoms with van der Waals surface area (Å²) in [5.74, 6) is -4.43. The zero-order valence-corrected chi connectivity index (χ0v) is 16.7. The third-order valence-corrected chi connectivity index (χ3v) is 7.69. The van der Waals surface area contributed by atoms with Gasteiger partial charge in [-0.15, -0.1) is 0 Å². The first-order chi connectivity index (χ1) is 13.1. The molecule has 10 heteroatoms. The molecular weight excluding hydrogens is 419 g/mol. The van der Waals surface area contributed by atoms with E-state index in [2.05, 4.69) is 0 Å². The van der Waals surface area contributed by atoms with Gasteiger partial charge in [0, 0.05) is 17.9 Å². The fourth-order valence-corrected chi connectivity index (χ4v) is 5.39. The summed E-state index contributed by atoms with van der Waals surface area (Å²) in [7, 11) is -5.93. The van der Waals surface area contributed by atoms with E-state index in [4.69, 9.17) is 0 Å². The van der Waals surface area contributed by atoms with Gasteiger partial charge in [-0.2, -0.15) is 13.2 Å². The van der Waals surface area contributed by atoms with Crippen LogP contribution in [0.2, 0.25) is 0 Å². The van der Waals surface area contributed by atoms with Gasteiger partial charge in [-0.25, -0.2) is 17.2 Å². The van der Waals surface area contributed by atoms with Crippen LogP contribution in [0, 0.1) is 5.41 Å². The zero-order chi connectivity index (χ0) is 22.0. The van der Waals surface area contributed by atoms with Crippen LogP contribution in [0.3, 0.4) is 0 Å². The van der Waals surface area contributed by atoms with Gasteiger partial charge in [0.1, 0.15) is 6.10 Å². The van der Waals surface area contributed by atoms with Crippen molar-refractivity contribution in [3.05, 3.63) is 28.8 Å². The highest BCUT2D eigenvalue weighted by molar-refractivity contribution is 7.92. The van der Waals surface area contributed by atoms with Crippen LogP contribution in [-0.2, 0) is 16.3 Å². The second kappa shape index (κ2) is 6.88. The largest absolute Gasteiger partial charge is 0.501 e. The second-order valence-corrected chi connectivity index (χ2v) is 10.7. The van der Waals surface area contributed by atoms with Crippen LogP contribution in [0.5, 0.6) is 0 Å². The predicted molar refractivity (Wildman–Crippen MR) is 94.3 cm³/mol. The summed E-state index contributed by atoms with van der Waals surface area (Å²) in [4.78, 5) is -1.35. The van der Waals surface area contributed by atoms with E-state index in [1.807, 2.05) is 13.8 Å². The van der Waals surface area contributed by atoms with Crippen molar-refractivity contribution in [3.8, 4) is 0 Å². The molecule has 0 heterocycles. The maximum absolute atomic E-state index is 14.3. The molecule has 29 heavy (non-hydrogen) atoms. The number of rotatable bonds is 2. The Labute approximate surface area is 165 Å². The number of fused-ring (bicyclic) bond motifs is 1. The van der Waals surface area contributed by atoms with Crippen molar-refractivity contribution in [1.29, 1.82) is 0 Å². The number of hydrogen-bond acceptors (Lipinski definition) is 4. The average molecular weight is 442 g/mol. The number of hydrogen-bond donors (Lipinski definition) is 2. The van der Waals surface area contributed by atoms with Crippen LogP contribution in [0.1, 0.15) is 68.2 Å². The van der Waals surface area contributed by atoms with Crippen molar-refractivity contribution in [2.75, 3.05) is 0 Å². The summed E-state index contributed by atoms with van der Waals surface area (Å²) in [6.45, 7) is 4.01. The summed E-state index contributed by atoms with van der Waals surface area (Å²) in [6, 6.07) is 1.71. The number of benzene rings is 1. The molecule has 164 valence electrons. The normalized spacial score (nSPS) is 29.3. The summed E-state index contributed by atoms with van der Waals surface area (Å²) in [6.07, 6.45) is -2.51.